The van der Waals surface area contributed by atoms with E-state index >= 15 is 0 Å². The molecule has 1 nitrogen and oxygen atoms in total. The highest BCUT2D eigenvalue weighted by Crippen LogP contribution is 2.26. The van der Waals surface area contributed by atoms with Gasteiger partial charge >= 0.3 is 0 Å². The minimum Gasteiger partial charge on any atom is -0.324 e. The Morgan fingerprint density at radius 2 is 2.05 bits per heavy atom. The maximum Gasteiger partial charge on any atom is 0.142 e. The van der Waals surface area contributed by atoms with Gasteiger partial charge in [-0.25, -0.2) is 4.39 Å². The molecule has 2 aromatic carbocycles. The van der Waals surface area contributed by atoms with Crippen LogP contribution in [0.3, 0.4) is 0 Å². The topological polar surface area (TPSA) is 26.0 Å². The zero-order chi connectivity index (χ0) is 14.0. The van der Waals surface area contributed by atoms with Crippen LogP contribution < -0.4 is 5.73 Å². The number of hydrogen-bond acceptors (Lipinski definition) is 1. The van der Waals surface area contributed by atoms with Gasteiger partial charge in [0.05, 0.1) is 5.02 Å². The molecule has 0 aliphatic rings. The maximum absolute atomic E-state index is 13.4. The minimum absolute atomic E-state index is 0.135. The van der Waals surface area contributed by atoms with Gasteiger partial charge in [-0.05, 0) is 48.2 Å². The van der Waals surface area contributed by atoms with E-state index in [0.717, 1.165) is 21.2 Å². The van der Waals surface area contributed by atoms with Crippen molar-refractivity contribution in [2.24, 2.45) is 5.73 Å². The van der Waals surface area contributed by atoms with E-state index in [9.17, 15) is 4.39 Å². The number of halogens is 3. The summed E-state index contributed by atoms with van der Waals surface area (Å²) in [7, 11) is 0. The zero-order valence-electron chi connectivity index (χ0n) is 10.5. The Bertz CT molecular complexity index is 601. The SMILES string of the molecule is Cc1c(Br)cccc1C(N)Cc1ccc(Cl)c(F)c1. The van der Waals surface area contributed by atoms with E-state index in [1.807, 2.05) is 25.1 Å². The second-order valence-electron chi connectivity index (χ2n) is 4.51. The average molecular weight is 343 g/mol. The Labute approximate surface area is 125 Å². The highest BCUT2D eigenvalue weighted by atomic mass is 79.9. The third kappa shape index (κ3) is 3.35. The van der Waals surface area contributed by atoms with Crippen LogP contribution in [0.25, 0.3) is 0 Å². The van der Waals surface area contributed by atoms with Gasteiger partial charge < -0.3 is 5.73 Å². The van der Waals surface area contributed by atoms with Crippen molar-refractivity contribution in [3.8, 4) is 0 Å². The molecule has 4 heteroatoms. The molecule has 0 fully saturated rings. The van der Waals surface area contributed by atoms with Crippen LogP contribution in [0.2, 0.25) is 5.02 Å². The third-order valence-electron chi connectivity index (χ3n) is 3.15. The fourth-order valence-corrected chi connectivity index (χ4v) is 2.56. The highest BCUT2D eigenvalue weighted by molar-refractivity contribution is 9.10. The lowest BCUT2D eigenvalue weighted by Crippen LogP contribution is -2.15. The molecule has 0 spiro atoms. The molecule has 0 bridgehead atoms. The van der Waals surface area contributed by atoms with E-state index in [0.29, 0.717) is 6.42 Å². The predicted molar refractivity (Wildman–Crippen MR) is 80.9 cm³/mol. The highest BCUT2D eigenvalue weighted by Gasteiger charge is 2.12. The lowest BCUT2D eigenvalue weighted by molar-refractivity contribution is 0.622. The number of hydrogen-bond donors (Lipinski definition) is 1. The monoisotopic (exact) mass is 341 g/mol. The second-order valence-corrected chi connectivity index (χ2v) is 5.77. The Kier molecular flexibility index (Phi) is 4.61. The largest absolute Gasteiger partial charge is 0.324 e. The molecule has 19 heavy (non-hydrogen) atoms. The van der Waals surface area contributed by atoms with Crippen LogP contribution in [-0.4, -0.2) is 0 Å². The molecule has 0 radical (unpaired) electrons. The van der Waals surface area contributed by atoms with E-state index in [1.165, 1.54) is 6.07 Å². The fraction of sp³-hybridized carbons (Fsp3) is 0.200. The number of rotatable bonds is 3. The van der Waals surface area contributed by atoms with Gasteiger partial charge in [-0.2, -0.15) is 0 Å². The molecule has 2 aromatic rings. The number of nitrogens with two attached hydrogens (primary N) is 1. The molecule has 2 N–H and O–H groups in total. The third-order valence-corrected chi connectivity index (χ3v) is 4.31. The molecule has 0 saturated heterocycles. The molecule has 0 amide bonds. The van der Waals surface area contributed by atoms with Crippen LogP contribution in [0.5, 0.6) is 0 Å². The Balaban J connectivity index is 2.23. The normalized spacial score (nSPS) is 12.5. The summed E-state index contributed by atoms with van der Waals surface area (Å²) >= 11 is 9.16. The summed E-state index contributed by atoms with van der Waals surface area (Å²) in [5, 5.41) is 0.135. The van der Waals surface area contributed by atoms with E-state index in [4.69, 9.17) is 17.3 Å². The van der Waals surface area contributed by atoms with E-state index in [1.54, 1.807) is 12.1 Å². The molecule has 2 rings (SSSR count). The second kappa shape index (κ2) is 6.04. The molecule has 0 aliphatic heterocycles. The lowest BCUT2D eigenvalue weighted by atomic mass is 9.96. The van der Waals surface area contributed by atoms with Crippen molar-refractivity contribution in [1.29, 1.82) is 0 Å². The van der Waals surface area contributed by atoms with Gasteiger partial charge in [0.15, 0.2) is 0 Å². The molecule has 0 saturated carbocycles. The first-order valence-electron chi connectivity index (χ1n) is 5.93. The summed E-state index contributed by atoms with van der Waals surface area (Å²) < 4.78 is 14.4. The van der Waals surface area contributed by atoms with Crippen molar-refractivity contribution in [2.75, 3.05) is 0 Å². The first-order chi connectivity index (χ1) is 8.99. The smallest absolute Gasteiger partial charge is 0.142 e. The van der Waals surface area contributed by atoms with Gasteiger partial charge in [0.2, 0.25) is 0 Å². The van der Waals surface area contributed by atoms with Gasteiger partial charge in [0.25, 0.3) is 0 Å². The van der Waals surface area contributed by atoms with E-state index in [-0.39, 0.29) is 11.1 Å². The van der Waals surface area contributed by atoms with Crippen molar-refractivity contribution in [3.63, 3.8) is 0 Å². The van der Waals surface area contributed by atoms with Crippen LogP contribution >= 0.6 is 27.5 Å². The molecule has 100 valence electrons. The zero-order valence-corrected chi connectivity index (χ0v) is 12.8. The quantitative estimate of drug-likeness (QED) is 0.852. The van der Waals surface area contributed by atoms with Crippen molar-refractivity contribution in [2.45, 2.75) is 19.4 Å². The summed E-state index contributed by atoms with van der Waals surface area (Å²) in [6.07, 6.45) is 0.575. The van der Waals surface area contributed by atoms with Gasteiger partial charge in [0, 0.05) is 10.5 Å². The van der Waals surface area contributed by atoms with Crippen LogP contribution in [0, 0.1) is 12.7 Å². The molecule has 1 atom stereocenters. The standard InChI is InChI=1S/C15H14BrClFN/c1-9-11(3-2-4-12(9)16)15(19)8-10-5-6-13(17)14(18)7-10/h2-7,15H,8,19H2,1H3. The van der Waals surface area contributed by atoms with Gasteiger partial charge in [-0.1, -0.05) is 45.7 Å². The van der Waals surface area contributed by atoms with Crippen LogP contribution in [0.4, 0.5) is 4.39 Å². The van der Waals surface area contributed by atoms with Crippen molar-refractivity contribution < 1.29 is 4.39 Å². The Morgan fingerprint density at radius 3 is 2.74 bits per heavy atom. The van der Waals surface area contributed by atoms with E-state index < -0.39 is 5.82 Å². The van der Waals surface area contributed by atoms with Crippen molar-refractivity contribution >= 4 is 27.5 Å². The molecule has 0 aliphatic carbocycles. The molecule has 1 unspecified atom stereocenters. The first kappa shape index (κ1) is 14.5. The summed E-state index contributed by atoms with van der Waals surface area (Å²) in [5.41, 5.74) is 9.23. The van der Waals surface area contributed by atoms with Gasteiger partial charge in [0.1, 0.15) is 5.82 Å². The van der Waals surface area contributed by atoms with Crippen LogP contribution in [0.15, 0.2) is 40.9 Å². The summed E-state index contributed by atoms with van der Waals surface area (Å²) in [5.74, 6) is -0.405. The van der Waals surface area contributed by atoms with Crippen molar-refractivity contribution in [3.05, 3.63) is 68.4 Å². The van der Waals surface area contributed by atoms with Crippen LogP contribution in [-0.2, 0) is 6.42 Å². The van der Waals surface area contributed by atoms with Crippen molar-refractivity contribution in [1.82, 2.24) is 0 Å². The van der Waals surface area contributed by atoms with Crippen LogP contribution in [0.1, 0.15) is 22.7 Å². The maximum atomic E-state index is 13.4. The summed E-state index contributed by atoms with van der Waals surface area (Å²) in [6.45, 7) is 2.02. The lowest BCUT2D eigenvalue weighted by Gasteiger charge is -2.16. The molecule has 0 heterocycles. The minimum atomic E-state index is -0.405. The molecular formula is C15H14BrClFN. The summed E-state index contributed by atoms with van der Waals surface area (Å²) in [4.78, 5) is 0. The van der Waals surface area contributed by atoms with Gasteiger partial charge in [-0.15, -0.1) is 0 Å². The average Bonchev–Trinajstić information content (AvgIpc) is 2.37. The molecular weight excluding hydrogens is 329 g/mol. The van der Waals surface area contributed by atoms with E-state index in [2.05, 4.69) is 15.9 Å². The summed E-state index contributed by atoms with van der Waals surface area (Å²) in [6, 6.07) is 10.6. The number of benzene rings is 2. The van der Waals surface area contributed by atoms with Gasteiger partial charge in [-0.3, -0.25) is 0 Å². The Morgan fingerprint density at radius 1 is 1.32 bits per heavy atom. The fourth-order valence-electron chi connectivity index (χ4n) is 2.06. The first-order valence-corrected chi connectivity index (χ1v) is 7.10. The molecule has 0 aromatic heterocycles. The predicted octanol–water partition coefficient (Wildman–Crippen LogP) is 4.79. The Hall–Kier alpha value is -0.900.